The van der Waals surface area contributed by atoms with E-state index in [0.29, 0.717) is 74.5 Å². The number of morpholine rings is 4. The van der Waals surface area contributed by atoms with Crippen LogP contribution < -0.4 is 72.8 Å². The Morgan fingerprint density at radius 1 is 0.333 bits per heavy atom. The lowest BCUT2D eigenvalue weighted by atomic mass is 9.97. The molecule has 4 aromatic heterocycles. The molecule has 16 heterocycles. The Labute approximate surface area is 783 Å². The highest BCUT2D eigenvalue weighted by atomic mass is 16.5. The first-order valence-corrected chi connectivity index (χ1v) is 45.9. The summed E-state index contributed by atoms with van der Waals surface area (Å²) in [4.78, 5) is 102. The molecule has 0 aliphatic carbocycles. The number of likely N-dealkylation sites (N-methyl/N-ethyl adjacent to an activating group) is 2. The topological polar surface area (TPSA) is 348 Å². The SMILES string of the molecule is C.C.C.C.C.C.CCNC(=O)Nc1ccc(-c2nc3c(c(N4CCOC[C@@H]4C)n2)C2CCC(C3)N2)cc1.CCNC(=O)Nc1ccc(-c2nc3c(c(N4CCOC[C@@H]4C)n2)C2CCC(C3)N2)cc1.CCNC(=O)Nc1ccc(-c2nc3c(c(N4CCOC[C@@H]4C)n2)C2CCC(C3)N2C)cc1.CCNC(=O)Nc1ccc(-c2nc3c(c(N4CCOC[C@@H]4C)n2)C2CCC(C3)N2C)cc1. The number of ether oxygens (including phenoxy) is 4. The molecule has 12 aliphatic heterocycles. The Balaban J connectivity index is 0.000000167. The van der Waals surface area contributed by atoms with Crippen LogP contribution in [0.25, 0.3) is 45.6 Å². The van der Waals surface area contributed by atoms with Crippen LogP contribution in [-0.2, 0) is 44.6 Å². The Morgan fingerprint density at radius 3 is 0.833 bits per heavy atom. The zero-order valence-corrected chi connectivity index (χ0v) is 74.5. The van der Waals surface area contributed by atoms with Crippen LogP contribution >= 0.6 is 0 Å². The van der Waals surface area contributed by atoms with Gasteiger partial charge < -0.3 is 91.7 Å². The Morgan fingerprint density at radius 2 is 0.583 bits per heavy atom. The number of carbonyl (C=O) groups is 4. The van der Waals surface area contributed by atoms with Gasteiger partial charge >= 0.3 is 24.1 Å². The molecule has 20 rings (SSSR count). The lowest BCUT2D eigenvalue weighted by Gasteiger charge is -2.40. The molecule has 8 aromatic rings. The third-order valence-corrected chi connectivity index (χ3v) is 26.8. The first-order chi connectivity index (χ1) is 61.3. The molecular formula is C100H148N24O8. The summed E-state index contributed by atoms with van der Waals surface area (Å²) in [5.74, 6) is 7.26. The van der Waals surface area contributed by atoms with Gasteiger partial charge in [-0.05, 0) is 218 Å². The summed E-state index contributed by atoms with van der Waals surface area (Å²) in [6, 6.07) is 35.0. The number of hydrogen-bond acceptors (Lipinski definition) is 24. The third kappa shape index (κ3) is 22.3. The van der Waals surface area contributed by atoms with E-state index in [4.69, 9.17) is 58.8 Å². The normalized spacial score (nSPS) is 23.6. The number of fused-ring (bicyclic) bond motifs is 16. The summed E-state index contributed by atoms with van der Waals surface area (Å²) in [6.07, 6.45) is 13.3. The second-order valence-corrected chi connectivity index (χ2v) is 35.3. The van der Waals surface area contributed by atoms with Crippen molar-refractivity contribution in [3.05, 3.63) is 142 Å². The average molecular weight is 1810 g/mol. The fraction of sp³-hybridized carbons (Fsp3) is 0.560. The molecule has 8 saturated heterocycles. The maximum Gasteiger partial charge on any atom is 0.319 e. The second-order valence-electron chi connectivity index (χ2n) is 35.3. The van der Waals surface area contributed by atoms with Gasteiger partial charge in [0.1, 0.15) is 23.3 Å². The molecule has 0 spiro atoms. The number of nitrogens with one attached hydrogen (secondary N) is 10. The van der Waals surface area contributed by atoms with Crippen molar-refractivity contribution in [1.82, 2.24) is 81.6 Å². The molecule has 0 radical (unpaired) electrons. The molecule has 4 aromatic carbocycles. The van der Waals surface area contributed by atoms with Gasteiger partial charge in [-0.3, -0.25) is 9.80 Å². The van der Waals surface area contributed by atoms with Crippen LogP contribution in [-0.4, -0.2) is 241 Å². The third-order valence-electron chi connectivity index (χ3n) is 26.8. The molecule has 8 amide bonds. The van der Waals surface area contributed by atoms with E-state index in [9.17, 15) is 19.2 Å². The van der Waals surface area contributed by atoms with Gasteiger partial charge in [0.2, 0.25) is 0 Å². The maximum atomic E-state index is 11.8. The number of anilines is 8. The molecule has 8 unspecified atom stereocenters. The highest BCUT2D eigenvalue weighted by Crippen LogP contribution is 2.50. The molecular weight excluding hydrogens is 1670 g/mol. The van der Waals surface area contributed by atoms with Crippen LogP contribution in [0.4, 0.5) is 65.2 Å². The summed E-state index contributed by atoms with van der Waals surface area (Å²) >= 11 is 0. The first kappa shape index (κ1) is 102. The van der Waals surface area contributed by atoms with Crippen LogP contribution in [0, 0.1) is 0 Å². The number of hydrogen-bond donors (Lipinski definition) is 10. The molecule has 10 N–H and O–H groups in total. The maximum absolute atomic E-state index is 11.8. The summed E-state index contributed by atoms with van der Waals surface area (Å²) in [5, 5.41) is 29.8. The van der Waals surface area contributed by atoms with Crippen molar-refractivity contribution in [1.29, 1.82) is 0 Å². The fourth-order valence-electron chi connectivity index (χ4n) is 20.3. The van der Waals surface area contributed by atoms with E-state index in [-0.39, 0.29) is 92.9 Å². The van der Waals surface area contributed by atoms with Crippen LogP contribution in [0.3, 0.4) is 0 Å². The highest BCUT2D eigenvalue weighted by molar-refractivity contribution is 5.92. The van der Waals surface area contributed by atoms with Gasteiger partial charge in [-0.1, -0.05) is 44.6 Å². The van der Waals surface area contributed by atoms with E-state index < -0.39 is 0 Å². The molecule has 132 heavy (non-hydrogen) atoms. The van der Waals surface area contributed by atoms with Crippen molar-refractivity contribution in [3.63, 3.8) is 0 Å². The van der Waals surface area contributed by atoms with Crippen molar-refractivity contribution in [2.24, 2.45) is 0 Å². The summed E-state index contributed by atoms with van der Waals surface area (Å²) in [6.45, 7) is 27.9. The number of carbonyl (C=O) groups excluding carboxylic acids is 4. The minimum atomic E-state index is -0.202. The lowest BCUT2D eigenvalue weighted by molar-refractivity contribution is 0.0980. The number of rotatable bonds is 16. The minimum Gasteiger partial charge on any atom is -0.377 e. The molecule has 8 bridgehead atoms. The number of aromatic nitrogens is 8. The number of urea groups is 4. The predicted octanol–water partition coefficient (Wildman–Crippen LogP) is 15.9. The summed E-state index contributed by atoms with van der Waals surface area (Å²) in [7, 11) is 4.48. The van der Waals surface area contributed by atoms with Crippen molar-refractivity contribution in [2.75, 3.05) is 160 Å². The average Bonchev–Trinajstić information content (AvgIpc) is 1.53. The number of benzene rings is 4. The first-order valence-electron chi connectivity index (χ1n) is 45.9. The summed E-state index contributed by atoms with van der Waals surface area (Å²) in [5.41, 5.74) is 16.7. The number of nitrogens with zero attached hydrogens (tertiary/aromatic N) is 14. The van der Waals surface area contributed by atoms with E-state index in [0.717, 1.165) is 209 Å². The Kier molecular flexibility index (Phi) is 35.2. The second kappa shape index (κ2) is 45.7. The standard InChI is InChI=1S/2C24H32N6O2.2C23H30N6O2.6CH4/c2*1-4-25-24(31)26-17-7-5-16(6-8-17)22-27-19-13-18-9-10-20(29(18)3)21(19)23(28-22)30-11-12-32-14-15(30)2;2*1-3-24-23(30)26-16-6-4-15(5-7-16)21-27-19-12-17-8-9-18(25-17)20(19)22(28-21)29-10-11-31-13-14(29)2;;;;;;/h2*5-8,15,18,20H,4,9-14H2,1-3H3,(H2,25,26,31);2*4-7,14,17-18,25H,3,8-13H2,1-2H3,(H2,24,26,30);6*1H4/t2*15-,18?,20?;2*14-,17?,18?;;;;;;/m0000....../s1. The number of amides is 8. The molecule has 0 saturated carbocycles. The molecule has 32 nitrogen and oxygen atoms in total. The quantitative estimate of drug-likeness (QED) is 0.0429. The van der Waals surface area contributed by atoms with Crippen LogP contribution in [0.15, 0.2) is 97.1 Å². The van der Waals surface area contributed by atoms with Gasteiger partial charge in [0.05, 0.1) is 99.8 Å². The minimum absolute atomic E-state index is 0. The van der Waals surface area contributed by atoms with Gasteiger partial charge in [0, 0.05) is 194 Å². The molecule has 8 fully saturated rings. The van der Waals surface area contributed by atoms with Crippen molar-refractivity contribution >= 4 is 70.1 Å². The van der Waals surface area contributed by atoms with E-state index in [2.05, 4.69) is 124 Å². The molecule has 12 atom stereocenters. The van der Waals surface area contributed by atoms with Gasteiger partial charge in [-0.15, -0.1) is 0 Å². The van der Waals surface area contributed by atoms with E-state index in [1.54, 1.807) is 0 Å². The zero-order chi connectivity index (χ0) is 87.2. The fourth-order valence-corrected chi connectivity index (χ4v) is 20.3. The van der Waals surface area contributed by atoms with Crippen LogP contribution in [0.1, 0.15) is 221 Å². The predicted molar refractivity (Wildman–Crippen MR) is 531 cm³/mol. The van der Waals surface area contributed by atoms with Crippen molar-refractivity contribution < 1.29 is 38.1 Å². The van der Waals surface area contributed by atoms with E-state index in [1.165, 1.54) is 83.6 Å². The van der Waals surface area contributed by atoms with E-state index in [1.807, 2.05) is 125 Å². The van der Waals surface area contributed by atoms with Gasteiger partial charge in [0.25, 0.3) is 0 Å². The van der Waals surface area contributed by atoms with Crippen LogP contribution in [0.2, 0.25) is 0 Å². The molecule has 12 aliphatic rings. The van der Waals surface area contributed by atoms with Gasteiger partial charge in [0.15, 0.2) is 23.3 Å². The largest absolute Gasteiger partial charge is 0.377 e. The highest BCUT2D eigenvalue weighted by Gasteiger charge is 2.46. The van der Waals surface area contributed by atoms with Gasteiger partial charge in [-0.2, -0.15) is 0 Å². The zero-order valence-electron chi connectivity index (χ0n) is 74.5. The Hall–Kier alpha value is -10.8. The molecule has 716 valence electrons. The molecule has 32 heteroatoms. The smallest absolute Gasteiger partial charge is 0.319 e. The van der Waals surface area contributed by atoms with E-state index >= 15 is 0 Å². The lowest BCUT2D eigenvalue weighted by Crippen LogP contribution is -2.46. The van der Waals surface area contributed by atoms with Gasteiger partial charge in [-0.25, -0.2) is 59.0 Å². The van der Waals surface area contributed by atoms with Crippen molar-refractivity contribution in [3.8, 4) is 45.6 Å². The monoisotopic (exact) mass is 1810 g/mol. The summed E-state index contributed by atoms with van der Waals surface area (Å²) < 4.78 is 22.8. The van der Waals surface area contributed by atoms with Crippen molar-refractivity contribution in [2.45, 2.75) is 250 Å². The van der Waals surface area contributed by atoms with Crippen LogP contribution in [0.5, 0.6) is 0 Å². The Bertz CT molecular complexity index is 4870.